The molecule has 0 fully saturated rings. The Bertz CT molecular complexity index is 275. The molecule has 0 radical (unpaired) electrons. The zero-order chi connectivity index (χ0) is 9.84. The van der Waals surface area contributed by atoms with Crippen molar-refractivity contribution in [3.63, 3.8) is 0 Å². The molecule has 1 rings (SSSR count). The Morgan fingerprint density at radius 2 is 2.15 bits per heavy atom. The van der Waals surface area contributed by atoms with Gasteiger partial charge in [0.05, 0.1) is 0 Å². The quantitative estimate of drug-likeness (QED) is 0.536. The van der Waals surface area contributed by atoms with E-state index in [0.717, 1.165) is 5.69 Å². The summed E-state index contributed by atoms with van der Waals surface area (Å²) in [6.45, 7) is 6.72. The molecule has 0 spiro atoms. The summed E-state index contributed by atoms with van der Waals surface area (Å²) in [7, 11) is -0.576. The fourth-order valence-corrected chi connectivity index (χ4v) is 3.18. The summed E-state index contributed by atoms with van der Waals surface area (Å²) in [5, 5.41) is 0. The van der Waals surface area contributed by atoms with Crippen molar-refractivity contribution in [2.45, 2.75) is 32.0 Å². The van der Waals surface area contributed by atoms with Crippen LogP contribution in [0.3, 0.4) is 0 Å². The summed E-state index contributed by atoms with van der Waals surface area (Å²) in [6, 6.07) is 6.22. The third-order valence-electron chi connectivity index (χ3n) is 2.07. The third-order valence-corrected chi connectivity index (χ3v) is 3.72. The molecule has 0 saturated carbocycles. The number of hydrogen-bond donors (Lipinski definition) is 0. The first-order chi connectivity index (χ1) is 6.09. The highest BCUT2D eigenvalue weighted by molar-refractivity contribution is 6.55. The largest absolute Gasteiger partial charge is 0.225 e. The minimum atomic E-state index is -0.576. The summed E-state index contributed by atoms with van der Waals surface area (Å²) >= 11 is 0. The number of aromatic nitrogens is 1. The highest BCUT2D eigenvalue weighted by Gasteiger charge is 2.09. The number of rotatable bonds is 3. The summed E-state index contributed by atoms with van der Waals surface area (Å²) in [6.07, 6.45) is 0. The Morgan fingerprint density at radius 1 is 1.46 bits per heavy atom. The van der Waals surface area contributed by atoms with Gasteiger partial charge in [-0.3, -0.25) is 0 Å². The second-order valence-corrected chi connectivity index (χ2v) is 7.17. The molecule has 1 atom stereocenters. The lowest BCUT2D eigenvalue weighted by Gasteiger charge is -2.12. The van der Waals surface area contributed by atoms with E-state index in [4.69, 9.17) is 0 Å². The first kappa shape index (κ1) is 10.4. The van der Waals surface area contributed by atoms with Crippen LogP contribution in [-0.2, 0) is 0 Å². The van der Waals surface area contributed by atoms with Gasteiger partial charge in [-0.05, 0) is 18.1 Å². The van der Waals surface area contributed by atoms with Crippen molar-refractivity contribution in [3.8, 4) is 0 Å². The van der Waals surface area contributed by atoms with Crippen LogP contribution in [0.1, 0.15) is 18.5 Å². The molecule has 0 aliphatic carbocycles. The lowest BCUT2D eigenvalue weighted by atomic mass is 10.1. The Kier molecular flexibility index (Phi) is 3.60. The van der Waals surface area contributed by atoms with Crippen LogP contribution in [0.15, 0.2) is 18.2 Å². The van der Waals surface area contributed by atoms with Gasteiger partial charge >= 0.3 is 0 Å². The molecule has 1 heterocycles. The normalized spacial score (nSPS) is 13.3. The third kappa shape index (κ3) is 3.26. The van der Waals surface area contributed by atoms with Crippen molar-refractivity contribution in [1.82, 2.24) is 4.98 Å². The zero-order valence-electron chi connectivity index (χ0n) is 8.42. The molecule has 1 aromatic rings. The first-order valence-corrected chi connectivity index (χ1v) is 7.84. The van der Waals surface area contributed by atoms with Crippen LogP contribution in [0.5, 0.6) is 0 Å². The lowest BCUT2D eigenvalue weighted by molar-refractivity contribution is 0.571. The monoisotopic (exact) mass is 197 g/mol. The summed E-state index contributed by atoms with van der Waals surface area (Å²) < 4.78 is 12.8. The van der Waals surface area contributed by atoms with Crippen molar-refractivity contribution in [1.29, 1.82) is 0 Å². The van der Waals surface area contributed by atoms with Crippen LogP contribution in [0.4, 0.5) is 4.39 Å². The standard InChI is InChI=1S/C10H16FNSi/c1-8(7-13(2)3)9-5-4-6-10(11)12-9/h4-6,8,13H,7H2,1-3H3. The van der Waals surface area contributed by atoms with Crippen LogP contribution in [0, 0.1) is 5.95 Å². The molecule has 13 heavy (non-hydrogen) atoms. The van der Waals surface area contributed by atoms with Crippen molar-refractivity contribution < 1.29 is 4.39 Å². The summed E-state index contributed by atoms with van der Waals surface area (Å²) in [4.78, 5) is 3.88. The lowest BCUT2D eigenvalue weighted by Crippen LogP contribution is -2.07. The number of hydrogen-bond acceptors (Lipinski definition) is 1. The molecule has 1 nitrogen and oxygen atoms in total. The molecule has 1 unspecified atom stereocenters. The summed E-state index contributed by atoms with van der Waals surface area (Å²) in [5.74, 6) is 0.0390. The van der Waals surface area contributed by atoms with Gasteiger partial charge in [0.1, 0.15) is 0 Å². The molecule has 3 heteroatoms. The van der Waals surface area contributed by atoms with E-state index >= 15 is 0 Å². The minimum Gasteiger partial charge on any atom is -0.225 e. The van der Waals surface area contributed by atoms with Crippen LogP contribution in [0.25, 0.3) is 0 Å². The maximum Gasteiger partial charge on any atom is 0.213 e. The van der Waals surface area contributed by atoms with E-state index in [0.29, 0.717) is 5.92 Å². The molecule has 0 bridgehead atoms. The van der Waals surface area contributed by atoms with E-state index < -0.39 is 8.80 Å². The van der Waals surface area contributed by atoms with Gasteiger partial charge < -0.3 is 0 Å². The number of halogens is 1. The average Bonchev–Trinajstić information content (AvgIpc) is 2.03. The van der Waals surface area contributed by atoms with Crippen LogP contribution in [-0.4, -0.2) is 13.8 Å². The second kappa shape index (κ2) is 4.51. The van der Waals surface area contributed by atoms with E-state index in [1.165, 1.54) is 12.1 Å². The molecular formula is C10H16FNSi. The van der Waals surface area contributed by atoms with Gasteiger partial charge in [0.15, 0.2) is 0 Å². The van der Waals surface area contributed by atoms with Gasteiger partial charge in [-0.15, -0.1) is 0 Å². The van der Waals surface area contributed by atoms with Gasteiger partial charge in [-0.25, -0.2) is 4.98 Å². The second-order valence-electron chi connectivity index (χ2n) is 3.92. The topological polar surface area (TPSA) is 12.9 Å². The van der Waals surface area contributed by atoms with Crippen molar-refractivity contribution >= 4 is 8.80 Å². The number of pyridine rings is 1. The van der Waals surface area contributed by atoms with Gasteiger partial charge in [-0.2, -0.15) is 4.39 Å². The molecule has 0 aliphatic heterocycles. The highest BCUT2D eigenvalue weighted by atomic mass is 28.3. The molecule has 0 aromatic carbocycles. The Morgan fingerprint density at radius 3 is 2.69 bits per heavy atom. The summed E-state index contributed by atoms with van der Waals surface area (Å²) in [5.41, 5.74) is 0.890. The molecule has 0 aliphatic rings. The predicted molar refractivity (Wildman–Crippen MR) is 56.3 cm³/mol. The fraction of sp³-hybridized carbons (Fsp3) is 0.500. The van der Waals surface area contributed by atoms with Gasteiger partial charge in [0, 0.05) is 14.5 Å². The van der Waals surface area contributed by atoms with Crippen molar-refractivity contribution in [3.05, 3.63) is 29.8 Å². The van der Waals surface area contributed by atoms with E-state index in [-0.39, 0.29) is 5.95 Å². The van der Waals surface area contributed by atoms with Gasteiger partial charge in [0.2, 0.25) is 5.95 Å². The predicted octanol–water partition coefficient (Wildman–Crippen LogP) is 2.81. The highest BCUT2D eigenvalue weighted by Crippen LogP contribution is 2.19. The average molecular weight is 197 g/mol. The van der Waals surface area contributed by atoms with E-state index in [2.05, 4.69) is 25.0 Å². The zero-order valence-corrected chi connectivity index (χ0v) is 9.57. The minimum absolute atomic E-state index is 0.366. The van der Waals surface area contributed by atoms with Crippen molar-refractivity contribution in [2.24, 2.45) is 0 Å². The Labute approximate surface area is 80.6 Å². The molecule has 72 valence electrons. The maximum absolute atomic E-state index is 12.8. The molecule has 1 aromatic heterocycles. The Hall–Kier alpha value is -0.703. The van der Waals surface area contributed by atoms with Crippen LogP contribution < -0.4 is 0 Å². The van der Waals surface area contributed by atoms with Crippen molar-refractivity contribution in [2.75, 3.05) is 0 Å². The smallest absolute Gasteiger partial charge is 0.213 e. The maximum atomic E-state index is 12.8. The van der Waals surface area contributed by atoms with E-state index in [9.17, 15) is 4.39 Å². The Balaban J connectivity index is 2.71. The van der Waals surface area contributed by atoms with Gasteiger partial charge in [-0.1, -0.05) is 32.1 Å². The molecule has 0 saturated heterocycles. The SMILES string of the molecule is CC(C[SiH](C)C)c1cccc(F)n1. The molecular weight excluding hydrogens is 181 g/mol. The molecule has 0 amide bonds. The first-order valence-electron chi connectivity index (χ1n) is 4.72. The number of nitrogens with zero attached hydrogens (tertiary/aromatic N) is 1. The molecule has 0 N–H and O–H groups in total. The van der Waals surface area contributed by atoms with E-state index in [1.54, 1.807) is 6.07 Å². The van der Waals surface area contributed by atoms with E-state index in [1.807, 2.05) is 6.07 Å². The van der Waals surface area contributed by atoms with Crippen LogP contribution in [0.2, 0.25) is 19.1 Å². The van der Waals surface area contributed by atoms with Crippen LogP contribution >= 0.6 is 0 Å². The fourth-order valence-electron chi connectivity index (χ4n) is 1.53. The van der Waals surface area contributed by atoms with Gasteiger partial charge in [0.25, 0.3) is 0 Å².